The number of nitrogens with zero attached hydrogens (tertiary/aromatic N) is 2. The van der Waals surface area contributed by atoms with Gasteiger partial charge in [-0.05, 0) is 18.1 Å². The number of fused-ring (bicyclic) bond motifs is 1. The van der Waals surface area contributed by atoms with Gasteiger partial charge in [0.2, 0.25) is 0 Å². The summed E-state index contributed by atoms with van der Waals surface area (Å²) in [7, 11) is 0. The van der Waals surface area contributed by atoms with E-state index >= 15 is 0 Å². The summed E-state index contributed by atoms with van der Waals surface area (Å²) in [5, 5.41) is 0. The fraction of sp³-hybridized carbons (Fsp3) is 0.455. The number of alkyl halides is 3. The van der Waals surface area contributed by atoms with Crippen molar-refractivity contribution in [1.29, 1.82) is 0 Å². The summed E-state index contributed by atoms with van der Waals surface area (Å²) in [5.41, 5.74) is -0.253. The van der Waals surface area contributed by atoms with Gasteiger partial charge >= 0.3 is 6.18 Å². The highest BCUT2D eigenvalue weighted by atomic mass is 19.4. The van der Waals surface area contributed by atoms with E-state index in [4.69, 9.17) is 0 Å². The third kappa shape index (κ3) is 2.57. The Kier molecular flexibility index (Phi) is 2.81. The molecule has 2 aromatic heterocycles. The SMILES string of the molecule is CC(C)Cc1nc2nc(C(F)(F)F)ccc2[nH]1. The number of imidazole rings is 1. The van der Waals surface area contributed by atoms with Crippen molar-refractivity contribution in [3.63, 3.8) is 0 Å². The molecule has 0 fully saturated rings. The van der Waals surface area contributed by atoms with Crippen molar-refractivity contribution in [3.8, 4) is 0 Å². The average Bonchev–Trinajstić information content (AvgIpc) is 2.55. The molecular weight excluding hydrogens is 231 g/mol. The Bertz CT molecular complexity index is 528. The molecule has 92 valence electrons. The van der Waals surface area contributed by atoms with E-state index < -0.39 is 11.9 Å². The van der Waals surface area contributed by atoms with Gasteiger partial charge in [-0.15, -0.1) is 0 Å². The first kappa shape index (κ1) is 11.9. The number of rotatable bonds is 2. The summed E-state index contributed by atoms with van der Waals surface area (Å²) in [6, 6.07) is 2.32. The fourth-order valence-corrected chi connectivity index (χ4v) is 1.58. The average molecular weight is 243 g/mol. The van der Waals surface area contributed by atoms with Crippen LogP contribution in [0.2, 0.25) is 0 Å². The molecule has 2 rings (SSSR count). The Morgan fingerprint density at radius 2 is 1.94 bits per heavy atom. The van der Waals surface area contributed by atoms with Crippen molar-refractivity contribution in [1.82, 2.24) is 15.0 Å². The maximum atomic E-state index is 12.4. The van der Waals surface area contributed by atoms with Crippen LogP contribution >= 0.6 is 0 Å². The first-order chi connectivity index (χ1) is 7.86. The van der Waals surface area contributed by atoms with Crippen LogP contribution in [0.25, 0.3) is 11.2 Å². The Balaban J connectivity index is 2.41. The van der Waals surface area contributed by atoms with Crippen molar-refractivity contribution in [2.45, 2.75) is 26.4 Å². The molecule has 2 heterocycles. The second kappa shape index (κ2) is 4.01. The van der Waals surface area contributed by atoms with Gasteiger partial charge in [-0.2, -0.15) is 13.2 Å². The lowest BCUT2D eigenvalue weighted by Crippen LogP contribution is -2.07. The molecule has 0 aliphatic carbocycles. The van der Waals surface area contributed by atoms with Crippen molar-refractivity contribution < 1.29 is 13.2 Å². The molecule has 0 saturated carbocycles. The topological polar surface area (TPSA) is 41.6 Å². The third-order valence-corrected chi connectivity index (χ3v) is 2.29. The van der Waals surface area contributed by atoms with E-state index in [2.05, 4.69) is 15.0 Å². The molecule has 17 heavy (non-hydrogen) atoms. The predicted octanol–water partition coefficient (Wildman–Crippen LogP) is 3.18. The summed E-state index contributed by atoms with van der Waals surface area (Å²) in [4.78, 5) is 10.5. The normalized spacial score (nSPS) is 12.6. The third-order valence-electron chi connectivity index (χ3n) is 2.29. The minimum atomic E-state index is -4.43. The Morgan fingerprint density at radius 3 is 2.53 bits per heavy atom. The number of nitrogens with one attached hydrogen (secondary N) is 1. The van der Waals surface area contributed by atoms with Crippen LogP contribution in [0.4, 0.5) is 13.2 Å². The van der Waals surface area contributed by atoms with Gasteiger partial charge in [-0.1, -0.05) is 13.8 Å². The highest BCUT2D eigenvalue weighted by Crippen LogP contribution is 2.28. The van der Waals surface area contributed by atoms with E-state index in [-0.39, 0.29) is 5.65 Å². The number of hydrogen-bond acceptors (Lipinski definition) is 2. The van der Waals surface area contributed by atoms with Crippen LogP contribution < -0.4 is 0 Å². The number of aromatic nitrogens is 3. The zero-order valence-electron chi connectivity index (χ0n) is 9.47. The van der Waals surface area contributed by atoms with Crippen LogP contribution in [0.5, 0.6) is 0 Å². The second-order valence-corrected chi connectivity index (χ2v) is 4.35. The van der Waals surface area contributed by atoms with E-state index in [0.717, 1.165) is 6.07 Å². The van der Waals surface area contributed by atoms with Crippen LogP contribution in [0.1, 0.15) is 25.4 Å². The fourth-order valence-electron chi connectivity index (χ4n) is 1.58. The molecule has 3 nitrogen and oxygen atoms in total. The van der Waals surface area contributed by atoms with Gasteiger partial charge < -0.3 is 4.98 Å². The van der Waals surface area contributed by atoms with Gasteiger partial charge in [0.1, 0.15) is 11.5 Å². The molecule has 0 saturated heterocycles. The second-order valence-electron chi connectivity index (χ2n) is 4.35. The lowest BCUT2D eigenvalue weighted by molar-refractivity contribution is -0.141. The van der Waals surface area contributed by atoms with E-state index in [9.17, 15) is 13.2 Å². The number of H-pyrrole nitrogens is 1. The lowest BCUT2D eigenvalue weighted by atomic mass is 10.1. The summed E-state index contributed by atoms with van der Waals surface area (Å²) >= 11 is 0. The summed E-state index contributed by atoms with van der Waals surface area (Å²) in [6.07, 6.45) is -3.73. The summed E-state index contributed by atoms with van der Waals surface area (Å²) < 4.78 is 37.3. The van der Waals surface area contributed by atoms with Crippen LogP contribution in [0.3, 0.4) is 0 Å². The first-order valence-corrected chi connectivity index (χ1v) is 5.29. The van der Waals surface area contributed by atoms with Gasteiger partial charge in [0.15, 0.2) is 5.65 Å². The Hall–Kier alpha value is -1.59. The molecule has 0 spiro atoms. The zero-order chi connectivity index (χ0) is 12.6. The largest absolute Gasteiger partial charge is 0.433 e. The molecule has 0 bridgehead atoms. The minimum Gasteiger partial charge on any atom is -0.341 e. The quantitative estimate of drug-likeness (QED) is 0.880. The first-order valence-electron chi connectivity index (χ1n) is 5.29. The van der Waals surface area contributed by atoms with Gasteiger partial charge in [-0.3, -0.25) is 0 Å². The zero-order valence-corrected chi connectivity index (χ0v) is 9.47. The number of aromatic amines is 1. The standard InChI is InChI=1S/C11H12F3N3/c1-6(2)5-9-15-7-3-4-8(11(12,13)14)16-10(7)17-9/h3-4,6H,5H2,1-2H3,(H,15,16,17). The van der Waals surface area contributed by atoms with E-state index in [1.54, 1.807) is 0 Å². The van der Waals surface area contributed by atoms with E-state index in [1.807, 2.05) is 13.8 Å². The molecule has 0 unspecified atom stereocenters. The predicted molar refractivity (Wildman–Crippen MR) is 57.4 cm³/mol. The van der Waals surface area contributed by atoms with Crippen LogP contribution in [0.15, 0.2) is 12.1 Å². The molecular formula is C11H12F3N3. The molecule has 2 aromatic rings. The molecule has 0 atom stereocenters. The van der Waals surface area contributed by atoms with Crippen LogP contribution in [-0.2, 0) is 12.6 Å². The number of hydrogen-bond donors (Lipinski definition) is 1. The number of pyridine rings is 1. The van der Waals surface area contributed by atoms with Crippen LogP contribution in [0, 0.1) is 5.92 Å². The molecule has 0 amide bonds. The summed E-state index contributed by atoms with van der Waals surface area (Å²) in [6.45, 7) is 4.03. The minimum absolute atomic E-state index is 0.121. The Labute approximate surface area is 96.1 Å². The summed E-state index contributed by atoms with van der Waals surface area (Å²) in [5.74, 6) is 1.06. The molecule has 0 aliphatic rings. The van der Waals surface area contributed by atoms with Gasteiger partial charge in [0.25, 0.3) is 0 Å². The van der Waals surface area contributed by atoms with Crippen molar-refractivity contribution in [2.75, 3.05) is 0 Å². The van der Waals surface area contributed by atoms with Gasteiger partial charge in [0.05, 0.1) is 5.52 Å². The van der Waals surface area contributed by atoms with E-state index in [1.165, 1.54) is 6.07 Å². The van der Waals surface area contributed by atoms with Gasteiger partial charge in [-0.25, -0.2) is 9.97 Å². The van der Waals surface area contributed by atoms with Crippen molar-refractivity contribution in [2.24, 2.45) is 5.92 Å². The van der Waals surface area contributed by atoms with Crippen molar-refractivity contribution in [3.05, 3.63) is 23.7 Å². The molecule has 0 radical (unpaired) electrons. The van der Waals surface area contributed by atoms with Gasteiger partial charge in [0, 0.05) is 6.42 Å². The monoisotopic (exact) mass is 243 g/mol. The molecule has 1 N–H and O–H groups in total. The Morgan fingerprint density at radius 1 is 1.24 bits per heavy atom. The van der Waals surface area contributed by atoms with Crippen LogP contribution in [-0.4, -0.2) is 15.0 Å². The highest BCUT2D eigenvalue weighted by Gasteiger charge is 2.32. The smallest absolute Gasteiger partial charge is 0.341 e. The maximum Gasteiger partial charge on any atom is 0.433 e. The maximum absolute atomic E-state index is 12.4. The molecule has 6 heteroatoms. The van der Waals surface area contributed by atoms with Crippen molar-refractivity contribution >= 4 is 11.2 Å². The lowest BCUT2D eigenvalue weighted by Gasteiger charge is -2.03. The number of halogens is 3. The molecule has 0 aliphatic heterocycles. The molecule has 0 aromatic carbocycles. The highest BCUT2D eigenvalue weighted by molar-refractivity contribution is 5.70. The van der Waals surface area contributed by atoms with E-state index in [0.29, 0.717) is 23.7 Å².